The van der Waals surface area contributed by atoms with Crippen LogP contribution in [0.25, 0.3) is 0 Å². The first-order valence-electron chi connectivity index (χ1n) is 4.78. The third kappa shape index (κ3) is 11.6. The van der Waals surface area contributed by atoms with E-state index in [0.717, 1.165) is 38.5 Å². The normalized spacial score (nSPS) is 10.3. The molecule has 0 saturated heterocycles. The highest BCUT2D eigenvalue weighted by atomic mass is 16.5. The molecule has 0 atom stereocenters. The molecule has 3 nitrogen and oxygen atoms in total. The fourth-order valence-corrected chi connectivity index (χ4v) is 0.804. The van der Waals surface area contributed by atoms with Crippen molar-refractivity contribution in [3.63, 3.8) is 0 Å². The van der Waals surface area contributed by atoms with Crippen LogP contribution >= 0.6 is 0 Å². The highest BCUT2D eigenvalue weighted by molar-refractivity contribution is 4.87. The van der Waals surface area contributed by atoms with Crippen LogP contribution < -0.4 is 5.32 Å². The van der Waals surface area contributed by atoms with E-state index >= 15 is 0 Å². The van der Waals surface area contributed by atoms with Crippen molar-refractivity contribution in [2.45, 2.75) is 13.8 Å². The average molecular weight is 187 g/mol. The molecule has 0 aromatic heterocycles. The van der Waals surface area contributed by atoms with E-state index in [4.69, 9.17) is 9.47 Å². The Morgan fingerprint density at radius 2 is 1.85 bits per heavy atom. The molecule has 13 heavy (non-hydrogen) atoms. The Labute approximate surface area is 81.1 Å². The van der Waals surface area contributed by atoms with E-state index in [1.165, 1.54) is 0 Å². The summed E-state index contributed by atoms with van der Waals surface area (Å²) in [5.74, 6) is 0. The highest BCUT2D eigenvalue weighted by Gasteiger charge is 1.89. The third-order valence-corrected chi connectivity index (χ3v) is 1.40. The topological polar surface area (TPSA) is 30.5 Å². The summed E-state index contributed by atoms with van der Waals surface area (Å²) in [7, 11) is 0. The molecule has 78 valence electrons. The summed E-state index contributed by atoms with van der Waals surface area (Å²) < 4.78 is 10.5. The molecule has 0 bridgehead atoms. The quantitative estimate of drug-likeness (QED) is 0.434. The predicted octanol–water partition coefficient (Wildman–Crippen LogP) is 1.21. The first-order valence-corrected chi connectivity index (χ1v) is 4.78. The van der Waals surface area contributed by atoms with Crippen molar-refractivity contribution in [3.8, 4) is 0 Å². The molecule has 0 fully saturated rings. The van der Waals surface area contributed by atoms with Gasteiger partial charge >= 0.3 is 0 Å². The van der Waals surface area contributed by atoms with Crippen LogP contribution in [0.4, 0.5) is 0 Å². The summed E-state index contributed by atoms with van der Waals surface area (Å²) in [6.07, 6.45) is 0. The van der Waals surface area contributed by atoms with E-state index in [1.807, 2.05) is 13.8 Å². The minimum Gasteiger partial charge on any atom is -0.380 e. The first kappa shape index (κ1) is 12.6. The summed E-state index contributed by atoms with van der Waals surface area (Å²) in [6.45, 7) is 12.4. The van der Waals surface area contributed by atoms with Crippen molar-refractivity contribution in [2.75, 3.05) is 39.5 Å². The Morgan fingerprint density at radius 1 is 1.23 bits per heavy atom. The molecule has 0 radical (unpaired) electrons. The average Bonchev–Trinajstić information content (AvgIpc) is 2.09. The second-order valence-corrected chi connectivity index (χ2v) is 2.96. The standard InChI is InChI=1S/C10H21NO2/c1-4-12-7-5-11-6-8-13-9-10(2)3/h11H,2,4-9H2,1,3H3. The van der Waals surface area contributed by atoms with Gasteiger partial charge in [-0.25, -0.2) is 0 Å². The maximum atomic E-state index is 5.30. The lowest BCUT2D eigenvalue weighted by atomic mass is 10.4. The van der Waals surface area contributed by atoms with Crippen molar-refractivity contribution >= 4 is 0 Å². The van der Waals surface area contributed by atoms with Gasteiger partial charge in [0, 0.05) is 19.7 Å². The molecule has 0 unspecified atom stereocenters. The molecule has 3 heteroatoms. The van der Waals surface area contributed by atoms with Gasteiger partial charge in [-0.15, -0.1) is 0 Å². The molecule has 0 saturated carbocycles. The lowest BCUT2D eigenvalue weighted by Gasteiger charge is -2.05. The second kappa shape index (κ2) is 9.71. The Bertz CT molecular complexity index is 126. The van der Waals surface area contributed by atoms with Crippen LogP contribution in [0.5, 0.6) is 0 Å². The molecule has 1 N–H and O–H groups in total. The molecule has 0 spiro atoms. The van der Waals surface area contributed by atoms with Crippen molar-refractivity contribution in [1.29, 1.82) is 0 Å². The Morgan fingerprint density at radius 3 is 2.38 bits per heavy atom. The number of rotatable bonds is 9. The maximum Gasteiger partial charge on any atom is 0.0672 e. The molecular formula is C10H21NO2. The molecule has 0 aliphatic heterocycles. The van der Waals surface area contributed by atoms with Gasteiger partial charge in [0.15, 0.2) is 0 Å². The zero-order valence-electron chi connectivity index (χ0n) is 8.77. The molecule has 0 aromatic carbocycles. The van der Waals surface area contributed by atoms with E-state index in [2.05, 4.69) is 11.9 Å². The van der Waals surface area contributed by atoms with Crippen molar-refractivity contribution in [2.24, 2.45) is 0 Å². The molecule has 0 aliphatic carbocycles. The van der Waals surface area contributed by atoms with Crippen molar-refractivity contribution < 1.29 is 9.47 Å². The highest BCUT2D eigenvalue weighted by Crippen LogP contribution is 1.86. The minimum atomic E-state index is 0.660. The lowest BCUT2D eigenvalue weighted by molar-refractivity contribution is 0.137. The summed E-state index contributed by atoms with van der Waals surface area (Å²) in [5.41, 5.74) is 1.06. The van der Waals surface area contributed by atoms with Gasteiger partial charge in [0.05, 0.1) is 19.8 Å². The summed E-state index contributed by atoms with van der Waals surface area (Å²) >= 11 is 0. The van der Waals surface area contributed by atoms with Crippen LogP contribution in [0.3, 0.4) is 0 Å². The number of ether oxygens (including phenoxy) is 2. The van der Waals surface area contributed by atoms with E-state index in [9.17, 15) is 0 Å². The summed E-state index contributed by atoms with van der Waals surface area (Å²) in [6, 6.07) is 0. The van der Waals surface area contributed by atoms with Crippen LogP contribution in [0.15, 0.2) is 12.2 Å². The minimum absolute atomic E-state index is 0.660. The van der Waals surface area contributed by atoms with E-state index in [1.54, 1.807) is 0 Å². The molecule has 0 rings (SSSR count). The lowest BCUT2D eigenvalue weighted by Crippen LogP contribution is -2.24. The van der Waals surface area contributed by atoms with Gasteiger partial charge in [-0.1, -0.05) is 12.2 Å². The monoisotopic (exact) mass is 187 g/mol. The zero-order valence-corrected chi connectivity index (χ0v) is 8.77. The number of nitrogens with one attached hydrogen (secondary N) is 1. The molecule has 0 amide bonds. The first-order chi connectivity index (χ1) is 6.27. The second-order valence-electron chi connectivity index (χ2n) is 2.96. The molecule has 0 aliphatic rings. The van der Waals surface area contributed by atoms with Gasteiger partial charge < -0.3 is 14.8 Å². The molecule has 0 aromatic rings. The van der Waals surface area contributed by atoms with Gasteiger partial charge in [-0.05, 0) is 13.8 Å². The zero-order chi connectivity index (χ0) is 9.94. The van der Waals surface area contributed by atoms with Gasteiger partial charge in [-0.3, -0.25) is 0 Å². The van der Waals surface area contributed by atoms with Crippen LogP contribution in [0.2, 0.25) is 0 Å². The van der Waals surface area contributed by atoms with Crippen LogP contribution in [0.1, 0.15) is 13.8 Å². The number of hydrogen-bond acceptors (Lipinski definition) is 3. The maximum absolute atomic E-state index is 5.30. The van der Waals surface area contributed by atoms with Crippen LogP contribution in [0, 0.1) is 0 Å². The van der Waals surface area contributed by atoms with E-state index < -0.39 is 0 Å². The SMILES string of the molecule is C=C(C)COCCNCCOCC. The molecular weight excluding hydrogens is 166 g/mol. The van der Waals surface area contributed by atoms with Crippen molar-refractivity contribution in [3.05, 3.63) is 12.2 Å². The fourth-order valence-electron chi connectivity index (χ4n) is 0.804. The number of hydrogen-bond donors (Lipinski definition) is 1. The van der Waals surface area contributed by atoms with E-state index in [0.29, 0.717) is 6.61 Å². The van der Waals surface area contributed by atoms with Gasteiger partial charge in [0.25, 0.3) is 0 Å². The smallest absolute Gasteiger partial charge is 0.0672 e. The third-order valence-electron chi connectivity index (χ3n) is 1.40. The molecule has 0 heterocycles. The van der Waals surface area contributed by atoms with Crippen LogP contribution in [-0.2, 0) is 9.47 Å². The van der Waals surface area contributed by atoms with Crippen LogP contribution in [-0.4, -0.2) is 39.5 Å². The van der Waals surface area contributed by atoms with E-state index in [-0.39, 0.29) is 0 Å². The fraction of sp³-hybridized carbons (Fsp3) is 0.800. The Hall–Kier alpha value is -0.380. The Balaban J connectivity index is 2.87. The predicted molar refractivity (Wildman–Crippen MR) is 55.0 cm³/mol. The van der Waals surface area contributed by atoms with Gasteiger partial charge in [0.1, 0.15) is 0 Å². The summed E-state index contributed by atoms with van der Waals surface area (Å²) in [5, 5.41) is 3.21. The Kier molecular flexibility index (Phi) is 9.42. The largest absolute Gasteiger partial charge is 0.380 e. The van der Waals surface area contributed by atoms with Gasteiger partial charge in [0.2, 0.25) is 0 Å². The van der Waals surface area contributed by atoms with Crippen molar-refractivity contribution in [1.82, 2.24) is 5.32 Å². The summed E-state index contributed by atoms with van der Waals surface area (Å²) in [4.78, 5) is 0. The van der Waals surface area contributed by atoms with Gasteiger partial charge in [-0.2, -0.15) is 0 Å².